The van der Waals surface area contributed by atoms with Crippen molar-refractivity contribution in [1.82, 2.24) is 5.01 Å². The van der Waals surface area contributed by atoms with E-state index in [0.717, 1.165) is 0 Å². The number of urea groups is 1. The smallest absolute Gasteiger partial charge is 0.329 e. The maximum atomic E-state index is 10.3. The molecule has 0 aliphatic rings. The molecule has 10 heavy (non-hydrogen) atoms. The molecule has 0 unspecified atom stereocenters. The van der Waals surface area contributed by atoms with Crippen molar-refractivity contribution < 1.29 is 9.59 Å². The van der Waals surface area contributed by atoms with Crippen molar-refractivity contribution in [2.75, 3.05) is 0 Å². The van der Waals surface area contributed by atoms with Crippen LogP contribution in [0.25, 0.3) is 0 Å². The second kappa shape index (κ2) is 3.02. The molecule has 0 aromatic rings. The number of rotatable bonds is 2. The molecule has 3 amide bonds. The Kier molecular flexibility index (Phi) is 2.63. The van der Waals surface area contributed by atoms with E-state index >= 15 is 0 Å². The van der Waals surface area contributed by atoms with Crippen LogP contribution in [0.5, 0.6) is 0 Å². The number of carbonyl (C=O) groups is 2. The third kappa shape index (κ3) is 1.90. The Morgan fingerprint density at radius 2 is 1.80 bits per heavy atom. The van der Waals surface area contributed by atoms with Gasteiger partial charge in [0.1, 0.15) is 6.04 Å². The van der Waals surface area contributed by atoms with Crippen molar-refractivity contribution in [1.29, 1.82) is 0 Å². The van der Waals surface area contributed by atoms with Crippen molar-refractivity contribution in [2.24, 2.45) is 17.3 Å². The summed E-state index contributed by atoms with van der Waals surface area (Å²) in [5.41, 5.74) is 9.54. The van der Waals surface area contributed by atoms with Crippen molar-refractivity contribution >= 4 is 11.9 Å². The molecule has 58 valence electrons. The number of hydrogen-bond donors (Lipinski definition) is 3. The Balaban J connectivity index is 4.07. The lowest BCUT2D eigenvalue weighted by molar-refractivity contribution is -0.121. The molecule has 0 aliphatic carbocycles. The lowest BCUT2D eigenvalue weighted by atomic mass is 10.3. The summed E-state index contributed by atoms with van der Waals surface area (Å²) in [6.07, 6.45) is 0. The zero-order chi connectivity index (χ0) is 8.31. The minimum atomic E-state index is -0.883. The van der Waals surface area contributed by atoms with Gasteiger partial charge in [0, 0.05) is 0 Å². The lowest BCUT2D eigenvalue weighted by Crippen LogP contribution is -2.52. The fourth-order valence-corrected chi connectivity index (χ4v) is 0.328. The molecule has 0 saturated heterocycles. The zero-order valence-corrected chi connectivity index (χ0v) is 5.57. The van der Waals surface area contributed by atoms with Crippen LogP contribution in [0, 0.1) is 0 Å². The van der Waals surface area contributed by atoms with E-state index in [4.69, 9.17) is 17.3 Å². The second-order valence-corrected chi connectivity index (χ2v) is 1.82. The van der Waals surface area contributed by atoms with E-state index in [-0.39, 0.29) is 0 Å². The van der Waals surface area contributed by atoms with E-state index in [1.165, 1.54) is 6.92 Å². The SMILES string of the molecule is C[C@@H](C(N)=O)N(N)C(N)=O. The van der Waals surface area contributed by atoms with Crippen molar-refractivity contribution in [3.63, 3.8) is 0 Å². The minimum Gasteiger partial charge on any atom is -0.368 e. The van der Waals surface area contributed by atoms with Gasteiger partial charge in [0.05, 0.1) is 0 Å². The van der Waals surface area contributed by atoms with Crippen LogP contribution in [-0.2, 0) is 4.79 Å². The van der Waals surface area contributed by atoms with E-state index in [0.29, 0.717) is 5.01 Å². The van der Waals surface area contributed by atoms with Gasteiger partial charge < -0.3 is 11.5 Å². The first-order valence-electron chi connectivity index (χ1n) is 2.59. The molecule has 0 radical (unpaired) electrons. The van der Waals surface area contributed by atoms with E-state index < -0.39 is 18.0 Å². The zero-order valence-electron chi connectivity index (χ0n) is 5.57. The molecule has 1 atom stereocenters. The number of primary amides is 2. The molecule has 0 bridgehead atoms. The second-order valence-electron chi connectivity index (χ2n) is 1.82. The van der Waals surface area contributed by atoms with E-state index in [2.05, 4.69) is 0 Å². The summed E-state index contributed by atoms with van der Waals surface area (Å²) in [6.45, 7) is 1.38. The Hall–Kier alpha value is -1.30. The van der Waals surface area contributed by atoms with Gasteiger partial charge in [-0.05, 0) is 6.92 Å². The number of amides is 3. The molecule has 6 nitrogen and oxygen atoms in total. The highest BCUT2D eigenvalue weighted by Crippen LogP contribution is 1.88. The Morgan fingerprint density at radius 1 is 1.40 bits per heavy atom. The molecular weight excluding hydrogens is 136 g/mol. The third-order valence-electron chi connectivity index (χ3n) is 1.08. The van der Waals surface area contributed by atoms with Crippen LogP contribution in [0.2, 0.25) is 0 Å². The van der Waals surface area contributed by atoms with E-state index in [1.807, 2.05) is 0 Å². The normalized spacial score (nSPS) is 12.2. The van der Waals surface area contributed by atoms with Gasteiger partial charge in [-0.15, -0.1) is 0 Å². The molecular formula is C4H10N4O2. The Morgan fingerprint density at radius 3 is 1.90 bits per heavy atom. The van der Waals surface area contributed by atoms with Crippen LogP contribution in [-0.4, -0.2) is 23.0 Å². The summed E-state index contributed by atoms with van der Waals surface area (Å²) in [7, 11) is 0. The third-order valence-corrected chi connectivity index (χ3v) is 1.08. The first-order valence-corrected chi connectivity index (χ1v) is 2.59. The molecule has 0 fully saturated rings. The maximum absolute atomic E-state index is 10.3. The topological polar surface area (TPSA) is 115 Å². The maximum Gasteiger partial charge on any atom is 0.329 e. The van der Waals surface area contributed by atoms with Crippen LogP contribution in [0.1, 0.15) is 6.92 Å². The van der Waals surface area contributed by atoms with Crippen LogP contribution in [0.3, 0.4) is 0 Å². The molecule has 6 N–H and O–H groups in total. The molecule has 0 aliphatic heterocycles. The summed E-state index contributed by atoms with van der Waals surface area (Å²) >= 11 is 0. The summed E-state index contributed by atoms with van der Waals surface area (Å²) in [4.78, 5) is 20.6. The van der Waals surface area contributed by atoms with Gasteiger partial charge in [0.2, 0.25) is 5.91 Å². The first-order chi connectivity index (χ1) is 4.46. The number of hydrazine groups is 1. The average Bonchev–Trinajstić information content (AvgIpc) is 1.84. The highest BCUT2D eigenvalue weighted by atomic mass is 16.2. The number of hydrogen-bond acceptors (Lipinski definition) is 3. The Bertz CT molecular complexity index is 139. The molecule has 0 saturated carbocycles. The van der Waals surface area contributed by atoms with Crippen molar-refractivity contribution in [3.05, 3.63) is 0 Å². The van der Waals surface area contributed by atoms with Gasteiger partial charge in [-0.3, -0.25) is 9.80 Å². The number of nitrogens with zero attached hydrogens (tertiary/aromatic N) is 1. The summed E-state index contributed by atoms with van der Waals surface area (Å²) in [6, 6.07) is -1.75. The fourth-order valence-electron chi connectivity index (χ4n) is 0.328. The molecule has 6 heteroatoms. The number of nitrogens with two attached hydrogens (primary N) is 3. The van der Waals surface area contributed by atoms with E-state index in [9.17, 15) is 9.59 Å². The van der Waals surface area contributed by atoms with E-state index in [1.54, 1.807) is 0 Å². The highest BCUT2D eigenvalue weighted by molar-refractivity contribution is 5.84. The summed E-state index contributed by atoms with van der Waals surface area (Å²) in [5, 5.41) is 0.572. The van der Waals surface area contributed by atoms with Crippen LogP contribution >= 0.6 is 0 Å². The van der Waals surface area contributed by atoms with Gasteiger partial charge in [0.15, 0.2) is 0 Å². The van der Waals surface area contributed by atoms with Gasteiger partial charge in [-0.1, -0.05) is 0 Å². The quantitative estimate of drug-likeness (QED) is 0.240. The van der Waals surface area contributed by atoms with Crippen LogP contribution < -0.4 is 17.3 Å². The van der Waals surface area contributed by atoms with Gasteiger partial charge >= 0.3 is 6.03 Å². The molecule has 0 rings (SSSR count). The lowest BCUT2D eigenvalue weighted by Gasteiger charge is -2.18. The van der Waals surface area contributed by atoms with Crippen LogP contribution in [0.4, 0.5) is 4.79 Å². The van der Waals surface area contributed by atoms with Gasteiger partial charge in [-0.2, -0.15) is 0 Å². The molecule has 0 spiro atoms. The number of carbonyl (C=O) groups excluding carboxylic acids is 2. The molecule has 0 aromatic carbocycles. The monoisotopic (exact) mass is 146 g/mol. The minimum absolute atomic E-state index is 0.572. The molecule has 0 aromatic heterocycles. The van der Waals surface area contributed by atoms with Gasteiger partial charge in [-0.25, -0.2) is 10.6 Å². The average molecular weight is 146 g/mol. The Labute approximate surface area is 57.9 Å². The van der Waals surface area contributed by atoms with Gasteiger partial charge in [0.25, 0.3) is 0 Å². The summed E-state index contributed by atoms with van der Waals surface area (Å²) in [5.74, 6) is 4.33. The fraction of sp³-hybridized carbons (Fsp3) is 0.500. The predicted molar refractivity (Wildman–Crippen MR) is 34.3 cm³/mol. The highest BCUT2D eigenvalue weighted by Gasteiger charge is 2.17. The van der Waals surface area contributed by atoms with Crippen molar-refractivity contribution in [2.45, 2.75) is 13.0 Å². The predicted octanol–water partition coefficient (Wildman–Crippen LogP) is -1.89. The standard InChI is InChI=1S/C4H10N4O2/c1-2(3(5)9)8(7)4(6)10/h2H,7H2,1H3,(H2,5,9)(H2,6,10)/t2-/m0/s1. The van der Waals surface area contributed by atoms with Crippen LogP contribution in [0.15, 0.2) is 0 Å². The van der Waals surface area contributed by atoms with Crippen molar-refractivity contribution in [3.8, 4) is 0 Å². The molecule has 0 heterocycles. The largest absolute Gasteiger partial charge is 0.368 e. The summed E-state index contributed by atoms with van der Waals surface area (Å²) < 4.78 is 0. The first kappa shape index (κ1) is 8.70.